The molecule has 0 aromatic carbocycles. The molecule has 5 saturated heterocycles. The molecule has 0 radical (unpaired) electrons. The lowest BCUT2D eigenvalue weighted by atomic mass is 10.3. The number of nitrogens with zero attached hydrogens (tertiary/aromatic N) is 3. The van der Waals surface area contributed by atoms with Crippen molar-refractivity contribution in [2.75, 3.05) is 153 Å². The third-order valence-corrected chi connectivity index (χ3v) is 25.7. The minimum atomic E-state index is -1.91. The summed E-state index contributed by atoms with van der Waals surface area (Å²) >= 11 is 0. The standard InChI is InChI=1S/C10H25NO2Si.C9H22N2Si.C7H17NO2Si.C7H14O2.C7H12O2.C5H12O2Si.C5H10.C4H10N2/c1-6-8-9-11(7-2)10-14(5,12-3)13-4;1-12(2,9-5-6-10)11-7-3-4-8-11;1-8-6-4-5-7-11(8,9-2)10-3;1-2-3-4-8-5-7-6-9-7;1-3-5-6-9-7(8)4-2;1-8(2)5-6-3-4-7-8;1-2-4-5-3-1;1-2-6-4-3-5-1/h6-10H2,1-5H3;3-10H2,1-2H3;4-7H2,1-3H3;7H,2-6H2,1H3;4H,2-3,5-6H2,1H3;3-5H2,1-2H3;1-5H2;5-6H,1-4H2. The number of ether oxygens (including phenoxy) is 4. The Morgan fingerprint density at radius 2 is 1.32 bits per heavy atom. The maximum absolute atomic E-state index is 10.3. The average molecular weight is 1130 g/mol. The Bertz CT molecular complexity index is 1220. The van der Waals surface area contributed by atoms with Crippen LogP contribution in [-0.2, 0) is 45.9 Å². The number of hydrogen-bond acceptors (Lipinski definition) is 16. The molecular formula is C54H122N6O10Si4. The summed E-state index contributed by atoms with van der Waals surface area (Å²) in [5.74, 6) is -0.330. The van der Waals surface area contributed by atoms with E-state index in [0.29, 0.717) is 12.7 Å². The Morgan fingerprint density at radius 3 is 1.70 bits per heavy atom. The van der Waals surface area contributed by atoms with E-state index in [1.54, 1.807) is 28.4 Å². The van der Waals surface area contributed by atoms with Gasteiger partial charge in [0.25, 0.3) is 0 Å². The second-order valence-corrected chi connectivity index (χ2v) is 37.0. The second-order valence-electron chi connectivity index (χ2n) is 21.2. The number of esters is 1. The summed E-state index contributed by atoms with van der Waals surface area (Å²) in [6.07, 6.45) is 24.4. The zero-order valence-electron chi connectivity index (χ0n) is 50.8. The molecule has 20 heteroatoms. The fourth-order valence-electron chi connectivity index (χ4n) is 8.25. The van der Waals surface area contributed by atoms with Crippen molar-refractivity contribution in [2.45, 2.75) is 181 Å². The number of nitrogens with two attached hydrogens (primary N) is 1. The van der Waals surface area contributed by atoms with E-state index in [4.69, 9.17) is 42.1 Å². The number of piperazine rings is 1. The quantitative estimate of drug-likeness (QED) is 0.0292. The van der Waals surface area contributed by atoms with Gasteiger partial charge >= 0.3 is 23.3 Å². The van der Waals surface area contributed by atoms with E-state index in [1.165, 1.54) is 115 Å². The van der Waals surface area contributed by atoms with Gasteiger partial charge in [0.1, 0.15) is 14.3 Å². The Balaban J connectivity index is 0. The van der Waals surface area contributed by atoms with E-state index in [9.17, 15) is 4.79 Å². The maximum Gasteiger partial charge on any atom is 0.427 e. The van der Waals surface area contributed by atoms with Crippen LogP contribution in [0.25, 0.3) is 0 Å². The van der Waals surface area contributed by atoms with Crippen LogP contribution in [0.5, 0.6) is 0 Å². The Labute approximate surface area is 461 Å². The molecule has 5 aliphatic heterocycles. The first-order valence-corrected chi connectivity index (χ1v) is 40.0. The van der Waals surface area contributed by atoms with Crippen LogP contribution in [-0.4, -0.2) is 213 Å². The van der Waals surface area contributed by atoms with Crippen LogP contribution in [0.2, 0.25) is 44.8 Å². The van der Waals surface area contributed by atoms with E-state index in [-0.39, 0.29) is 5.97 Å². The SMILES string of the molecule is C1CCCC1.C1CNCCN1.C=CC(=O)OCCCC.CCCCN(CC)C[Si](C)(OC)OC.CCCCOCC1CO1.CO[Si]1(OC)CCCCN1C.C[Si](C)(CCCN)N1CCCC1.C[Si]1(C)COCCO1. The number of carbonyl (C=O) groups is 1. The summed E-state index contributed by atoms with van der Waals surface area (Å²) < 4.78 is 52.5. The van der Waals surface area contributed by atoms with Crippen LogP contribution in [0, 0.1) is 0 Å². The third kappa shape index (κ3) is 42.5. The lowest BCUT2D eigenvalue weighted by Crippen LogP contribution is -2.57. The lowest BCUT2D eigenvalue weighted by Gasteiger charge is -2.38. The molecular weight excluding hydrogens is 1000 g/mol. The van der Waals surface area contributed by atoms with Crippen LogP contribution in [0.15, 0.2) is 12.7 Å². The minimum Gasteiger partial charge on any atom is -0.463 e. The predicted octanol–water partition coefficient (Wildman–Crippen LogP) is 9.22. The molecule has 1 saturated carbocycles. The fourth-order valence-corrected chi connectivity index (χ4v) is 16.9. The second kappa shape index (κ2) is 49.6. The van der Waals surface area contributed by atoms with Gasteiger partial charge in [-0.1, -0.05) is 98.7 Å². The van der Waals surface area contributed by atoms with Crippen LogP contribution in [0.4, 0.5) is 0 Å². The van der Waals surface area contributed by atoms with Gasteiger partial charge in [0, 0.05) is 79.5 Å². The molecule has 4 N–H and O–H groups in total. The van der Waals surface area contributed by atoms with Crippen molar-refractivity contribution in [1.29, 1.82) is 0 Å². The summed E-state index contributed by atoms with van der Waals surface area (Å²) in [5, 5.41) is 6.44. The van der Waals surface area contributed by atoms with Gasteiger partial charge in [-0.05, 0) is 123 Å². The monoisotopic (exact) mass is 1130 g/mol. The van der Waals surface area contributed by atoms with Crippen molar-refractivity contribution in [3.05, 3.63) is 12.7 Å². The van der Waals surface area contributed by atoms with Gasteiger partial charge in [0.2, 0.25) is 8.32 Å². The first-order chi connectivity index (χ1) is 35.5. The molecule has 6 rings (SSSR count). The molecule has 0 amide bonds. The topological polar surface area (TPSA) is 163 Å². The van der Waals surface area contributed by atoms with Gasteiger partial charge in [-0.3, -0.25) is 4.57 Å². The van der Waals surface area contributed by atoms with Gasteiger partial charge in [-0.2, -0.15) is 0 Å². The maximum atomic E-state index is 10.3. The van der Waals surface area contributed by atoms with Gasteiger partial charge in [-0.25, -0.2) is 4.79 Å². The van der Waals surface area contributed by atoms with Crippen molar-refractivity contribution in [3.63, 3.8) is 0 Å². The molecule has 1 unspecified atom stereocenters. The smallest absolute Gasteiger partial charge is 0.427 e. The highest BCUT2D eigenvalue weighted by Gasteiger charge is 2.43. The number of hydrogen-bond donors (Lipinski definition) is 3. The van der Waals surface area contributed by atoms with Gasteiger partial charge in [0.15, 0.2) is 0 Å². The van der Waals surface area contributed by atoms with Crippen LogP contribution >= 0.6 is 0 Å². The molecule has 0 spiro atoms. The van der Waals surface area contributed by atoms with Crippen LogP contribution < -0.4 is 16.4 Å². The average Bonchev–Trinajstić information content (AvgIpc) is 3.75. The molecule has 444 valence electrons. The summed E-state index contributed by atoms with van der Waals surface area (Å²) in [6.45, 7) is 39.5. The van der Waals surface area contributed by atoms with Crippen LogP contribution in [0.1, 0.15) is 130 Å². The molecule has 16 nitrogen and oxygen atoms in total. The molecule has 1 atom stereocenters. The highest BCUT2D eigenvalue weighted by atomic mass is 28.4. The third-order valence-electron chi connectivity index (χ3n) is 13.7. The summed E-state index contributed by atoms with van der Waals surface area (Å²) in [5.41, 5.74) is 5.54. The van der Waals surface area contributed by atoms with E-state index in [2.05, 4.69) is 96.5 Å². The van der Waals surface area contributed by atoms with Crippen molar-refractivity contribution >= 4 is 39.8 Å². The normalized spacial score (nSPS) is 20.0. The van der Waals surface area contributed by atoms with Crippen molar-refractivity contribution in [2.24, 2.45) is 5.73 Å². The van der Waals surface area contributed by atoms with Crippen molar-refractivity contribution < 1.29 is 45.9 Å². The number of epoxide rings is 1. The van der Waals surface area contributed by atoms with Crippen molar-refractivity contribution in [3.8, 4) is 0 Å². The van der Waals surface area contributed by atoms with E-state index < -0.39 is 33.8 Å². The predicted molar refractivity (Wildman–Crippen MR) is 320 cm³/mol. The zero-order chi connectivity index (χ0) is 55.8. The van der Waals surface area contributed by atoms with Crippen molar-refractivity contribution in [1.82, 2.24) is 24.7 Å². The molecule has 74 heavy (non-hydrogen) atoms. The largest absolute Gasteiger partial charge is 0.463 e. The molecule has 0 aromatic heterocycles. The molecule has 5 heterocycles. The fraction of sp³-hybridized carbons (Fsp3) is 0.944. The molecule has 1 aliphatic carbocycles. The first kappa shape index (κ1) is 75.6. The van der Waals surface area contributed by atoms with Crippen LogP contribution in [0.3, 0.4) is 0 Å². The van der Waals surface area contributed by atoms with Gasteiger partial charge in [0.05, 0.1) is 39.3 Å². The van der Waals surface area contributed by atoms with E-state index >= 15 is 0 Å². The van der Waals surface area contributed by atoms with Gasteiger partial charge < -0.3 is 66.9 Å². The Kier molecular flexibility index (Phi) is 50.6. The highest BCUT2D eigenvalue weighted by Crippen LogP contribution is 2.24. The number of nitrogens with one attached hydrogen (secondary N) is 2. The number of unbranched alkanes of at least 4 members (excludes halogenated alkanes) is 3. The summed E-state index contributed by atoms with van der Waals surface area (Å²) in [6, 6.07) is 2.49. The first-order valence-electron chi connectivity index (χ1n) is 29.2. The summed E-state index contributed by atoms with van der Waals surface area (Å²) in [4.78, 5) is 12.8. The number of rotatable bonds is 23. The molecule has 6 fully saturated rings. The Hall–Kier alpha value is -0.482. The molecule has 6 aliphatic rings. The van der Waals surface area contributed by atoms with E-state index in [1.807, 2.05) is 6.92 Å². The highest BCUT2D eigenvalue weighted by molar-refractivity contribution is 6.74. The lowest BCUT2D eigenvalue weighted by molar-refractivity contribution is -0.137. The number of carbonyl (C=O) groups excluding carboxylic acids is 1. The Morgan fingerprint density at radius 1 is 0.784 bits per heavy atom. The molecule has 0 bridgehead atoms. The summed E-state index contributed by atoms with van der Waals surface area (Å²) in [7, 11) is 2.97. The van der Waals surface area contributed by atoms with Gasteiger partial charge in [-0.15, -0.1) is 0 Å². The van der Waals surface area contributed by atoms with E-state index in [0.717, 1.165) is 117 Å². The minimum absolute atomic E-state index is 0.330. The zero-order valence-corrected chi connectivity index (χ0v) is 54.8. The molecule has 0 aromatic rings.